The minimum absolute atomic E-state index is 0.00300. The lowest BCUT2D eigenvalue weighted by molar-refractivity contribution is 0.00992. The number of ether oxygens (including phenoxy) is 1. The quantitative estimate of drug-likeness (QED) is 0.807. The molecule has 0 saturated carbocycles. The fraction of sp³-hybridized carbons (Fsp3) is 0.400. The van der Waals surface area contributed by atoms with Gasteiger partial charge in [0.1, 0.15) is 12.3 Å². The lowest BCUT2D eigenvalue weighted by Gasteiger charge is -2.36. The van der Waals surface area contributed by atoms with Gasteiger partial charge in [0.15, 0.2) is 17.6 Å². The van der Waals surface area contributed by atoms with Crippen LogP contribution in [0.25, 0.3) is 6.08 Å². The van der Waals surface area contributed by atoms with Crippen LogP contribution in [0.15, 0.2) is 59.3 Å². The van der Waals surface area contributed by atoms with E-state index in [0.29, 0.717) is 12.4 Å². The molecule has 1 fully saturated rings. The number of phenolic OH excluding ortho intramolecular Hbond substituents is 1. The average Bonchev–Trinajstić information content (AvgIpc) is 3.19. The van der Waals surface area contributed by atoms with E-state index in [1.807, 2.05) is 12.1 Å². The Hall–Kier alpha value is -2.83. The fourth-order valence-electron chi connectivity index (χ4n) is 4.71. The van der Waals surface area contributed by atoms with Crippen molar-refractivity contribution in [3.8, 4) is 11.5 Å². The summed E-state index contributed by atoms with van der Waals surface area (Å²) in [6.07, 6.45) is 2.27. The van der Waals surface area contributed by atoms with Gasteiger partial charge in [-0.3, -0.25) is 9.80 Å². The molecule has 3 aliphatic heterocycles. The number of phenols is 1. The monoisotopic (exact) mass is 419 g/mol. The number of rotatable bonds is 5. The number of hydrogen-bond acceptors (Lipinski definition) is 6. The third-order valence-electron chi connectivity index (χ3n) is 6.35. The number of aromatic hydroxyl groups is 1. The highest BCUT2D eigenvalue weighted by molar-refractivity contribution is 6.06. The number of fused-ring (bicyclic) bond motifs is 3. The lowest BCUT2D eigenvalue weighted by atomic mass is 9.90. The Morgan fingerprint density at radius 3 is 2.65 bits per heavy atom. The molecule has 0 aromatic heterocycles. The van der Waals surface area contributed by atoms with Gasteiger partial charge in [0.2, 0.25) is 0 Å². The maximum atomic E-state index is 10.0. The van der Waals surface area contributed by atoms with Crippen LogP contribution in [0.3, 0.4) is 0 Å². The van der Waals surface area contributed by atoms with Gasteiger partial charge < -0.3 is 14.7 Å². The highest BCUT2D eigenvalue weighted by Crippen LogP contribution is 2.39. The molecular weight excluding hydrogens is 390 g/mol. The molecule has 0 bridgehead atoms. The van der Waals surface area contributed by atoms with Crippen LogP contribution in [-0.2, 0) is 4.84 Å². The van der Waals surface area contributed by atoms with E-state index in [1.165, 1.54) is 11.1 Å². The Labute approximate surface area is 183 Å². The summed E-state index contributed by atoms with van der Waals surface area (Å²) in [5.41, 5.74) is 4.40. The van der Waals surface area contributed by atoms with Gasteiger partial charge in [-0.25, -0.2) is 0 Å². The van der Waals surface area contributed by atoms with Gasteiger partial charge in [-0.1, -0.05) is 53.2 Å². The van der Waals surface area contributed by atoms with E-state index >= 15 is 0 Å². The smallest absolute Gasteiger partial charge is 0.170 e. The number of piperazine rings is 1. The first-order valence-corrected chi connectivity index (χ1v) is 11.0. The van der Waals surface area contributed by atoms with Crippen molar-refractivity contribution in [2.24, 2.45) is 11.1 Å². The second-order valence-corrected chi connectivity index (χ2v) is 8.67. The standard InChI is InChI=1S/C25H29N3O3/c1-18(14-19-6-3-2-4-7-19)15-27-10-12-28(13-11-27)16-23-21-17-30-25-20(24(21)26-31-23)8-5-9-22(25)29/h2-9,14,21,23,29H,10-13,15-17H2,1H3/b18-14+. The van der Waals surface area contributed by atoms with Gasteiger partial charge in [-0.15, -0.1) is 0 Å². The van der Waals surface area contributed by atoms with Gasteiger partial charge in [0.05, 0.1) is 5.92 Å². The normalized spacial score (nSPS) is 24.0. The van der Waals surface area contributed by atoms with E-state index in [4.69, 9.17) is 9.57 Å². The summed E-state index contributed by atoms with van der Waals surface area (Å²) in [7, 11) is 0. The van der Waals surface area contributed by atoms with Crippen molar-refractivity contribution in [1.29, 1.82) is 0 Å². The molecule has 2 aromatic carbocycles. The summed E-state index contributed by atoms with van der Waals surface area (Å²) in [5.74, 6) is 0.799. The van der Waals surface area contributed by atoms with Crippen LogP contribution in [0.4, 0.5) is 0 Å². The molecular formula is C25H29N3O3. The third kappa shape index (κ3) is 4.31. The molecule has 2 atom stereocenters. The summed E-state index contributed by atoms with van der Waals surface area (Å²) in [4.78, 5) is 10.8. The summed E-state index contributed by atoms with van der Waals surface area (Å²) in [6.45, 7) is 8.73. The van der Waals surface area contributed by atoms with E-state index in [-0.39, 0.29) is 17.8 Å². The molecule has 3 heterocycles. The van der Waals surface area contributed by atoms with E-state index in [1.54, 1.807) is 6.07 Å². The van der Waals surface area contributed by atoms with Crippen molar-refractivity contribution in [2.45, 2.75) is 13.0 Å². The second kappa shape index (κ2) is 8.73. The zero-order chi connectivity index (χ0) is 21.2. The minimum Gasteiger partial charge on any atom is -0.504 e. The van der Waals surface area contributed by atoms with Crippen LogP contribution >= 0.6 is 0 Å². The molecule has 0 aliphatic carbocycles. The van der Waals surface area contributed by atoms with Gasteiger partial charge in [-0.2, -0.15) is 0 Å². The molecule has 3 aliphatic rings. The van der Waals surface area contributed by atoms with Crippen molar-refractivity contribution < 1.29 is 14.7 Å². The summed E-state index contributed by atoms with van der Waals surface area (Å²) < 4.78 is 5.85. The Kier molecular flexibility index (Phi) is 5.66. The third-order valence-corrected chi connectivity index (χ3v) is 6.35. The van der Waals surface area contributed by atoms with Crippen LogP contribution in [0.5, 0.6) is 11.5 Å². The summed E-state index contributed by atoms with van der Waals surface area (Å²) in [6, 6.07) is 15.9. The largest absolute Gasteiger partial charge is 0.504 e. The molecule has 31 heavy (non-hydrogen) atoms. The highest BCUT2D eigenvalue weighted by Gasteiger charge is 2.41. The molecule has 162 valence electrons. The number of hydrogen-bond donors (Lipinski definition) is 1. The average molecular weight is 420 g/mol. The molecule has 1 N–H and O–H groups in total. The predicted molar refractivity (Wildman–Crippen MR) is 121 cm³/mol. The van der Waals surface area contributed by atoms with Crippen LogP contribution in [0.2, 0.25) is 0 Å². The van der Waals surface area contributed by atoms with E-state index in [9.17, 15) is 5.11 Å². The number of oxime groups is 1. The topological polar surface area (TPSA) is 57.5 Å². The Morgan fingerprint density at radius 1 is 1.06 bits per heavy atom. The van der Waals surface area contributed by atoms with Gasteiger partial charge in [-0.05, 0) is 24.6 Å². The maximum absolute atomic E-state index is 10.0. The van der Waals surface area contributed by atoms with Crippen LogP contribution in [-0.4, -0.2) is 72.6 Å². The molecule has 0 spiro atoms. The van der Waals surface area contributed by atoms with Crippen molar-refractivity contribution in [3.05, 3.63) is 65.2 Å². The zero-order valence-electron chi connectivity index (χ0n) is 17.9. The fourth-order valence-corrected chi connectivity index (χ4v) is 4.71. The SMILES string of the molecule is C/C(=C\c1ccccc1)CN1CCN(CC2ON=C3c4cccc(O)c4OCC32)CC1. The van der Waals surface area contributed by atoms with Crippen LogP contribution in [0, 0.1) is 5.92 Å². The highest BCUT2D eigenvalue weighted by atomic mass is 16.6. The molecule has 5 rings (SSSR count). The molecule has 0 radical (unpaired) electrons. The van der Waals surface area contributed by atoms with E-state index in [2.05, 4.69) is 58.3 Å². The summed E-state index contributed by atoms with van der Waals surface area (Å²) >= 11 is 0. The molecule has 2 aromatic rings. The first kappa shape index (κ1) is 20.1. The maximum Gasteiger partial charge on any atom is 0.170 e. The second-order valence-electron chi connectivity index (χ2n) is 8.67. The molecule has 1 saturated heterocycles. The lowest BCUT2D eigenvalue weighted by Crippen LogP contribution is -2.50. The van der Waals surface area contributed by atoms with Crippen LogP contribution in [0.1, 0.15) is 18.1 Å². The zero-order valence-corrected chi connectivity index (χ0v) is 17.9. The molecule has 6 heteroatoms. The minimum atomic E-state index is -0.00300. The molecule has 2 unspecified atom stereocenters. The Balaban J connectivity index is 1.13. The van der Waals surface area contributed by atoms with E-state index < -0.39 is 0 Å². The molecule has 6 nitrogen and oxygen atoms in total. The molecule has 0 amide bonds. The number of nitrogens with zero attached hydrogens (tertiary/aromatic N) is 3. The number of para-hydroxylation sites is 1. The first-order valence-electron chi connectivity index (χ1n) is 11.0. The van der Waals surface area contributed by atoms with Crippen molar-refractivity contribution in [3.63, 3.8) is 0 Å². The van der Waals surface area contributed by atoms with Gasteiger partial charge in [0.25, 0.3) is 0 Å². The van der Waals surface area contributed by atoms with Crippen molar-refractivity contribution in [2.75, 3.05) is 45.9 Å². The van der Waals surface area contributed by atoms with E-state index in [0.717, 1.165) is 50.5 Å². The van der Waals surface area contributed by atoms with Gasteiger partial charge in [0, 0.05) is 44.8 Å². The Bertz CT molecular complexity index is 981. The van der Waals surface area contributed by atoms with Crippen molar-refractivity contribution in [1.82, 2.24) is 9.80 Å². The Morgan fingerprint density at radius 2 is 1.84 bits per heavy atom. The van der Waals surface area contributed by atoms with Crippen molar-refractivity contribution >= 4 is 11.8 Å². The summed E-state index contributed by atoms with van der Waals surface area (Å²) in [5, 5.41) is 14.4. The first-order chi connectivity index (χ1) is 15.2. The predicted octanol–water partition coefficient (Wildman–Crippen LogP) is 3.22. The van der Waals surface area contributed by atoms with Gasteiger partial charge >= 0.3 is 0 Å². The number of benzene rings is 2. The van der Waals surface area contributed by atoms with Crippen LogP contribution < -0.4 is 4.74 Å².